The maximum atomic E-state index is 11.6. The number of aliphatic hydroxyl groups excluding tert-OH is 2. The van der Waals surface area contributed by atoms with Crippen molar-refractivity contribution in [2.45, 2.75) is 75.9 Å². The molecular formula is C22H33ClO3. The van der Waals surface area contributed by atoms with Gasteiger partial charge in [-0.1, -0.05) is 44.6 Å². The van der Waals surface area contributed by atoms with Crippen LogP contribution >= 0.6 is 11.6 Å². The fraction of sp³-hybridized carbons (Fsp3) is 0.818. The van der Waals surface area contributed by atoms with Crippen LogP contribution in [-0.4, -0.2) is 38.5 Å². The van der Waals surface area contributed by atoms with Crippen molar-refractivity contribution in [2.24, 2.45) is 28.6 Å². The first kappa shape index (κ1) is 19.0. The smallest absolute Gasteiger partial charge is 0.0860 e. The molecule has 4 aliphatic rings. The van der Waals surface area contributed by atoms with Crippen LogP contribution in [0.15, 0.2) is 23.8 Å². The largest absolute Gasteiger partial charge is 0.396 e. The molecule has 0 spiro atoms. The summed E-state index contributed by atoms with van der Waals surface area (Å²) in [4.78, 5) is -0.720. The number of halogens is 1. The van der Waals surface area contributed by atoms with Gasteiger partial charge in [0, 0.05) is 23.9 Å². The van der Waals surface area contributed by atoms with Crippen molar-refractivity contribution in [1.29, 1.82) is 0 Å². The molecule has 26 heavy (non-hydrogen) atoms. The summed E-state index contributed by atoms with van der Waals surface area (Å²) in [7, 11) is 0. The van der Waals surface area contributed by atoms with E-state index in [9.17, 15) is 15.3 Å². The molecule has 0 radical (unpaired) electrons. The highest BCUT2D eigenvalue weighted by molar-refractivity contribution is 6.26. The zero-order valence-corrected chi connectivity index (χ0v) is 17.0. The van der Waals surface area contributed by atoms with Gasteiger partial charge in [-0.15, -0.1) is 11.6 Å². The number of alkyl halides is 1. The van der Waals surface area contributed by atoms with Crippen LogP contribution < -0.4 is 0 Å². The molecule has 0 bridgehead atoms. The van der Waals surface area contributed by atoms with Gasteiger partial charge in [-0.25, -0.2) is 0 Å². The van der Waals surface area contributed by atoms with E-state index >= 15 is 0 Å². The lowest BCUT2D eigenvalue weighted by molar-refractivity contribution is -0.167. The highest BCUT2D eigenvalue weighted by Crippen LogP contribution is 2.71. The van der Waals surface area contributed by atoms with Crippen molar-refractivity contribution in [1.82, 2.24) is 0 Å². The van der Waals surface area contributed by atoms with Crippen LogP contribution in [0.4, 0.5) is 0 Å². The van der Waals surface area contributed by atoms with Crippen LogP contribution in [0.3, 0.4) is 0 Å². The second-order valence-electron chi connectivity index (χ2n) is 9.76. The minimum atomic E-state index is -0.939. The van der Waals surface area contributed by atoms with Crippen LogP contribution in [0.1, 0.15) is 59.3 Å². The fourth-order valence-electron chi connectivity index (χ4n) is 7.47. The molecule has 0 unspecified atom stereocenters. The van der Waals surface area contributed by atoms with Crippen LogP contribution in [0, 0.1) is 28.6 Å². The molecule has 3 fully saturated rings. The first-order valence-electron chi connectivity index (χ1n) is 10.2. The van der Waals surface area contributed by atoms with Crippen molar-refractivity contribution in [3.8, 4) is 0 Å². The first-order valence-corrected chi connectivity index (χ1v) is 10.6. The van der Waals surface area contributed by atoms with Gasteiger partial charge < -0.3 is 15.3 Å². The second kappa shape index (κ2) is 5.83. The Balaban J connectivity index is 1.81. The molecule has 3 N–H and O–H groups in total. The molecule has 0 aromatic carbocycles. The standard InChI is InChI=1S/C22H33ClO3/c1-14-12-17-16-8-7-15-6-4-5-9-19(15,2)22(16,23)18(25)13-20(17,3)21(14,26)10-11-24/h5-6,9,14,16-18,24-26H,4,7-8,10-13H2,1-3H3/t14-,16-,17-,18-,19-,20-,21+,22-/m0/s1. The molecule has 0 aliphatic heterocycles. The van der Waals surface area contributed by atoms with Crippen LogP contribution in [0.25, 0.3) is 0 Å². The molecule has 0 aromatic rings. The highest BCUT2D eigenvalue weighted by atomic mass is 35.5. The third-order valence-electron chi connectivity index (χ3n) is 8.99. The summed E-state index contributed by atoms with van der Waals surface area (Å²) in [6.07, 6.45) is 10.7. The predicted octanol–water partition coefficient (Wildman–Crippen LogP) is 3.81. The molecule has 0 amide bonds. The average Bonchev–Trinajstić information content (AvgIpc) is 2.77. The molecule has 0 aromatic heterocycles. The number of fused-ring (bicyclic) bond motifs is 5. The Morgan fingerprint density at radius 2 is 2.00 bits per heavy atom. The van der Waals surface area contributed by atoms with Gasteiger partial charge in [0.2, 0.25) is 0 Å². The van der Waals surface area contributed by atoms with Gasteiger partial charge in [0.15, 0.2) is 0 Å². The topological polar surface area (TPSA) is 60.7 Å². The minimum absolute atomic E-state index is 0.0245. The fourth-order valence-corrected chi connectivity index (χ4v) is 7.99. The van der Waals surface area contributed by atoms with E-state index in [-0.39, 0.29) is 29.8 Å². The summed E-state index contributed by atoms with van der Waals surface area (Å²) < 4.78 is 0. The van der Waals surface area contributed by atoms with Crippen molar-refractivity contribution in [3.63, 3.8) is 0 Å². The lowest BCUT2D eigenvalue weighted by Crippen LogP contribution is -2.67. The number of rotatable bonds is 2. The molecular weight excluding hydrogens is 348 g/mol. The third kappa shape index (κ3) is 2.01. The molecule has 4 heteroatoms. The van der Waals surface area contributed by atoms with Gasteiger partial charge in [-0.3, -0.25) is 0 Å². The second-order valence-corrected chi connectivity index (χ2v) is 10.4. The van der Waals surface area contributed by atoms with Gasteiger partial charge >= 0.3 is 0 Å². The summed E-state index contributed by atoms with van der Waals surface area (Å²) in [5.74, 6) is 0.532. The summed E-state index contributed by atoms with van der Waals surface area (Å²) in [6.45, 7) is 6.39. The maximum Gasteiger partial charge on any atom is 0.0860 e. The van der Waals surface area contributed by atoms with Gasteiger partial charge in [0.1, 0.15) is 0 Å². The number of aliphatic hydroxyl groups is 3. The van der Waals surface area contributed by atoms with E-state index in [0.29, 0.717) is 12.8 Å². The molecule has 3 saturated carbocycles. The van der Waals surface area contributed by atoms with Crippen LogP contribution in [0.2, 0.25) is 0 Å². The lowest BCUT2D eigenvalue weighted by atomic mass is 9.45. The molecule has 4 aliphatic carbocycles. The van der Waals surface area contributed by atoms with E-state index in [1.807, 2.05) is 0 Å². The van der Waals surface area contributed by atoms with Crippen LogP contribution in [0.5, 0.6) is 0 Å². The van der Waals surface area contributed by atoms with E-state index in [1.165, 1.54) is 5.57 Å². The average molecular weight is 381 g/mol. The summed E-state index contributed by atoms with van der Waals surface area (Å²) >= 11 is 7.42. The molecule has 3 nitrogen and oxygen atoms in total. The Bertz CT molecular complexity index is 660. The molecule has 8 atom stereocenters. The van der Waals surface area contributed by atoms with Gasteiger partial charge in [-0.2, -0.15) is 0 Å². The Kier molecular flexibility index (Phi) is 4.25. The van der Waals surface area contributed by atoms with E-state index in [4.69, 9.17) is 11.6 Å². The SMILES string of the molecule is C[C@H]1C[C@H]2[C@@H]3CCC4=CCC=C[C@]4(C)[C@@]3(Cl)[C@@H](O)C[C@]2(C)[C@@]1(O)CCO. The van der Waals surface area contributed by atoms with Gasteiger partial charge in [-0.05, 0) is 49.9 Å². The quantitative estimate of drug-likeness (QED) is 0.504. The molecule has 0 saturated heterocycles. The van der Waals surface area contributed by atoms with E-state index < -0.39 is 22.0 Å². The lowest BCUT2D eigenvalue weighted by Gasteiger charge is -2.64. The van der Waals surface area contributed by atoms with E-state index in [2.05, 4.69) is 39.0 Å². The van der Waals surface area contributed by atoms with Crippen molar-refractivity contribution in [3.05, 3.63) is 23.8 Å². The Morgan fingerprint density at radius 3 is 2.69 bits per heavy atom. The molecule has 4 rings (SSSR count). The predicted molar refractivity (Wildman–Crippen MR) is 104 cm³/mol. The number of hydrogen-bond donors (Lipinski definition) is 3. The zero-order chi connectivity index (χ0) is 19.0. The summed E-state index contributed by atoms with van der Waals surface area (Å²) in [6, 6.07) is 0. The molecule has 0 heterocycles. The van der Waals surface area contributed by atoms with Crippen molar-refractivity contribution < 1.29 is 15.3 Å². The summed E-state index contributed by atoms with van der Waals surface area (Å²) in [5, 5.41) is 32.6. The Labute approximate surface area is 162 Å². The maximum absolute atomic E-state index is 11.6. The summed E-state index contributed by atoms with van der Waals surface area (Å²) in [5.41, 5.74) is -0.304. The third-order valence-corrected chi connectivity index (χ3v) is 9.91. The molecule has 146 valence electrons. The van der Waals surface area contributed by atoms with Gasteiger partial charge in [0.25, 0.3) is 0 Å². The number of hydrogen-bond acceptors (Lipinski definition) is 3. The van der Waals surface area contributed by atoms with Crippen LogP contribution in [-0.2, 0) is 0 Å². The van der Waals surface area contributed by atoms with Crippen molar-refractivity contribution >= 4 is 11.6 Å². The Morgan fingerprint density at radius 1 is 1.27 bits per heavy atom. The monoisotopic (exact) mass is 380 g/mol. The van der Waals surface area contributed by atoms with Crippen molar-refractivity contribution in [2.75, 3.05) is 6.61 Å². The highest BCUT2D eigenvalue weighted by Gasteiger charge is 2.72. The van der Waals surface area contributed by atoms with Gasteiger partial charge in [0.05, 0.1) is 16.6 Å². The van der Waals surface area contributed by atoms with E-state index in [0.717, 1.165) is 25.7 Å². The van der Waals surface area contributed by atoms with E-state index in [1.54, 1.807) is 0 Å². The Hall–Kier alpha value is -0.350. The first-order chi connectivity index (χ1) is 12.1. The normalized spacial score (nSPS) is 55.7. The minimum Gasteiger partial charge on any atom is -0.396 e. The number of allylic oxidation sites excluding steroid dienone is 4. The zero-order valence-electron chi connectivity index (χ0n) is 16.2.